The van der Waals surface area contributed by atoms with Gasteiger partial charge in [-0.2, -0.15) is 13.2 Å². The molecule has 20 heavy (non-hydrogen) atoms. The molecular formula is C11H11F3N4O2. The van der Waals surface area contributed by atoms with Crippen molar-refractivity contribution in [3.63, 3.8) is 0 Å². The summed E-state index contributed by atoms with van der Waals surface area (Å²) in [7, 11) is 0. The number of fused-ring (bicyclic) bond motifs is 2. The topological polar surface area (TPSA) is 79.5 Å². The number of imidazole rings is 1. The molecule has 2 N–H and O–H groups in total. The number of carbonyl (C=O) groups is 1. The third-order valence-electron chi connectivity index (χ3n) is 2.65. The Hall–Kier alpha value is -2.16. The number of nitrogens with one attached hydrogen (secondary N) is 1. The first-order valence-corrected chi connectivity index (χ1v) is 5.70. The van der Waals surface area contributed by atoms with Gasteiger partial charge in [-0.05, 0) is 0 Å². The van der Waals surface area contributed by atoms with Gasteiger partial charge in [0.05, 0.1) is 5.69 Å². The summed E-state index contributed by atoms with van der Waals surface area (Å²) < 4.78 is 33.7. The molecular weight excluding hydrogens is 277 g/mol. The van der Waals surface area contributed by atoms with Crippen LogP contribution in [0.15, 0.2) is 18.6 Å². The SMILES string of the molecule is O=C(O)C(F)(F)F.c1cn2cc3c(nc2n1)CCNC3. The summed E-state index contributed by atoms with van der Waals surface area (Å²) in [6, 6.07) is 0. The number of aliphatic carboxylic acids is 1. The van der Waals surface area contributed by atoms with Crippen LogP contribution in [-0.4, -0.2) is 38.2 Å². The Labute approximate surface area is 111 Å². The van der Waals surface area contributed by atoms with Crippen molar-refractivity contribution in [2.24, 2.45) is 0 Å². The van der Waals surface area contributed by atoms with Crippen LogP contribution in [0.1, 0.15) is 11.3 Å². The smallest absolute Gasteiger partial charge is 0.475 e. The lowest BCUT2D eigenvalue weighted by molar-refractivity contribution is -0.192. The van der Waals surface area contributed by atoms with Crippen LogP contribution in [0.25, 0.3) is 5.78 Å². The summed E-state index contributed by atoms with van der Waals surface area (Å²) in [6.45, 7) is 1.95. The summed E-state index contributed by atoms with van der Waals surface area (Å²) in [5, 5.41) is 10.4. The third-order valence-corrected chi connectivity index (χ3v) is 2.65. The number of alkyl halides is 3. The van der Waals surface area contributed by atoms with Crippen molar-refractivity contribution in [3.05, 3.63) is 29.8 Å². The molecule has 0 atom stereocenters. The predicted molar refractivity (Wildman–Crippen MR) is 62.1 cm³/mol. The Balaban J connectivity index is 0.000000182. The van der Waals surface area contributed by atoms with Crippen LogP contribution in [0.2, 0.25) is 0 Å². The molecule has 9 heteroatoms. The van der Waals surface area contributed by atoms with Gasteiger partial charge >= 0.3 is 12.1 Å². The van der Waals surface area contributed by atoms with Crippen molar-refractivity contribution in [3.8, 4) is 0 Å². The Morgan fingerprint density at radius 2 is 2.15 bits per heavy atom. The molecule has 0 spiro atoms. The summed E-state index contributed by atoms with van der Waals surface area (Å²) in [4.78, 5) is 17.5. The van der Waals surface area contributed by atoms with Gasteiger partial charge in [0.1, 0.15) is 0 Å². The number of hydrogen-bond donors (Lipinski definition) is 2. The fraction of sp³-hybridized carbons (Fsp3) is 0.364. The maximum absolute atomic E-state index is 10.6. The van der Waals surface area contributed by atoms with Gasteiger partial charge in [0.25, 0.3) is 0 Å². The largest absolute Gasteiger partial charge is 0.490 e. The summed E-state index contributed by atoms with van der Waals surface area (Å²) in [5.74, 6) is -1.95. The molecule has 0 fully saturated rings. The molecule has 2 aromatic rings. The molecule has 0 saturated heterocycles. The molecule has 6 nitrogen and oxygen atoms in total. The molecule has 3 rings (SSSR count). The number of rotatable bonds is 0. The minimum absolute atomic E-state index is 0.806. The second-order valence-corrected chi connectivity index (χ2v) is 4.08. The fourth-order valence-corrected chi connectivity index (χ4v) is 1.72. The van der Waals surface area contributed by atoms with E-state index in [0.717, 1.165) is 25.3 Å². The van der Waals surface area contributed by atoms with E-state index in [1.165, 1.54) is 11.3 Å². The van der Waals surface area contributed by atoms with Gasteiger partial charge in [0.15, 0.2) is 0 Å². The number of halogens is 3. The molecule has 0 saturated carbocycles. The molecule has 3 heterocycles. The summed E-state index contributed by atoms with van der Waals surface area (Å²) >= 11 is 0. The third kappa shape index (κ3) is 3.23. The summed E-state index contributed by atoms with van der Waals surface area (Å²) in [6.07, 6.45) is 1.74. The van der Waals surface area contributed by atoms with E-state index in [-0.39, 0.29) is 0 Å². The fourth-order valence-electron chi connectivity index (χ4n) is 1.72. The van der Waals surface area contributed by atoms with E-state index in [1.54, 1.807) is 6.20 Å². The minimum Gasteiger partial charge on any atom is -0.475 e. The zero-order valence-electron chi connectivity index (χ0n) is 10.2. The Morgan fingerprint density at radius 3 is 2.80 bits per heavy atom. The van der Waals surface area contributed by atoms with Crippen LogP contribution in [0.3, 0.4) is 0 Å². The highest BCUT2D eigenvalue weighted by atomic mass is 19.4. The van der Waals surface area contributed by atoms with Crippen molar-refractivity contribution in [1.29, 1.82) is 0 Å². The van der Waals surface area contributed by atoms with Gasteiger partial charge in [-0.25, -0.2) is 14.8 Å². The van der Waals surface area contributed by atoms with Crippen molar-refractivity contribution in [2.45, 2.75) is 19.1 Å². The zero-order valence-corrected chi connectivity index (χ0v) is 10.2. The van der Waals surface area contributed by atoms with E-state index in [4.69, 9.17) is 9.90 Å². The van der Waals surface area contributed by atoms with E-state index < -0.39 is 12.1 Å². The Morgan fingerprint density at radius 1 is 1.45 bits per heavy atom. The predicted octanol–water partition coefficient (Wildman–Crippen LogP) is 1.01. The standard InChI is InChI=1S/C9H10N4.C2HF3O2/c1-2-10-5-7-6-13-4-3-11-9(13)12-8(1)7;3-2(4,5)1(6)7/h3-4,6,10H,1-2,5H2;(H,6,7). The first-order valence-electron chi connectivity index (χ1n) is 5.70. The van der Waals surface area contributed by atoms with Crippen molar-refractivity contribution in [1.82, 2.24) is 19.7 Å². The normalized spacial score (nSPS) is 14.3. The molecule has 1 aliphatic rings. The highest BCUT2D eigenvalue weighted by molar-refractivity contribution is 5.73. The molecule has 0 bridgehead atoms. The van der Waals surface area contributed by atoms with E-state index in [1.807, 2.05) is 10.6 Å². The zero-order chi connectivity index (χ0) is 14.8. The molecule has 0 unspecified atom stereocenters. The highest BCUT2D eigenvalue weighted by Gasteiger charge is 2.38. The van der Waals surface area contributed by atoms with Crippen molar-refractivity contribution >= 4 is 11.7 Å². The van der Waals surface area contributed by atoms with Crippen LogP contribution in [0, 0.1) is 0 Å². The van der Waals surface area contributed by atoms with Crippen LogP contribution in [0.4, 0.5) is 13.2 Å². The Bertz CT molecular complexity index is 584. The van der Waals surface area contributed by atoms with Gasteiger partial charge in [-0.15, -0.1) is 0 Å². The first kappa shape index (κ1) is 14.3. The quantitative estimate of drug-likeness (QED) is 0.756. The Kier molecular flexibility index (Phi) is 3.89. The van der Waals surface area contributed by atoms with E-state index in [0.29, 0.717) is 0 Å². The monoisotopic (exact) mass is 288 g/mol. The molecule has 0 radical (unpaired) electrons. The van der Waals surface area contributed by atoms with E-state index in [2.05, 4.69) is 21.5 Å². The lowest BCUT2D eigenvalue weighted by Crippen LogP contribution is -2.25. The maximum atomic E-state index is 10.6. The lowest BCUT2D eigenvalue weighted by Gasteiger charge is -2.15. The van der Waals surface area contributed by atoms with Crippen LogP contribution < -0.4 is 5.32 Å². The van der Waals surface area contributed by atoms with E-state index >= 15 is 0 Å². The van der Waals surface area contributed by atoms with Crippen LogP contribution in [0.5, 0.6) is 0 Å². The molecule has 1 aliphatic heterocycles. The van der Waals surface area contributed by atoms with Gasteiger partial charge in [0, 0.05) is 43.7 Å². The average Bonchev–Trinajstić information content (AvgIpc) is 2.82. The second kappa shape index (κ2) is 5.45. The number of carboxylic acids is 1. The van der Waals surface area contributed by atoms with Gasteiger partial charge in [-0.1, -0.05) is 0 Å². The molecule has 0 aromatic carbocycles. The summed E-state index contributed by atoms with van der Waals surface area (Å²) in [5.41, 5.74) is 2.48. The van der Waals surface area contributed by atoms with Gasteiger partial charge in [0.2, 0.25) is 5.78 Å². The highest BCUT2D eigenvalue weighted by Crippen LogP contribution is 2.13. The number of aromatic nitrogens is 3. The van der Waals surface area contributed by atoms with E-state index in [9.17, 15) is 13.2 Å². The minimum atomic E-state index is -5.08. The maximum Gasteiger partial charge on any atom is 0.490 e. The molecule has 108 valence electrons. The van der Waals surface area contributed by atoms with Crippen molar-refractivity contribution in [2.75, 3.05) is 6.54 Å². The number of nitrogens with zero attached hydrogens (tertiary/aromatic N) is 3. The van der Waals surface area contributed by atoms with Crippen LogP contribution >= 0.6 is 0 Å². The second-order valence-electron chi connectivity index (χ2n) is 4.08. The lowest BCUT2D eigenvalue weighted by atomic mass is 10.1. The molecule has 0 amide bonds. The van der Waals surface area contributed by atoms with Crippen LogP contribution in [-0.2, 0) is 17.8 Å². The van der Waals surface area contributed by atoms with Gasteiger partial charge in [-0.3, -0.25) is 4.40 Å². The number of carboxylic acid groups (broad SMARTS) is 1. The van der Waals surface area contributed by atoms with Gasteiger partial charge < -0.3 is 10.4 Å². The molecule has 0 aliphatic carbocycles. The molecule has 2 aromatic heterocycles. The first-order chi connectivity index (χ1) is 9.38. The number of hydrogen-bond acceptors (Lipinski definition) is 4. The average molecular weight is 288 g/mol. The van der Waals surface area contributed by atoms with Crippen molar-refractivity contribution < 1.29 is 23.1 Å².